The van der Waals surface area contributed by atoms with Crippen molar-refractivity contribution >= 4 is 16.7 Å². The second-order valence-corrected chi connectivity index (χ2v) is 2.40. The van der Waals surface area contributed by atoms with Gasteiger partial charge in [0.2, 0.25) is 0 Å². The van der Waals surface area contributed by atoms with Crippen LogP contribution < -0.4 is 5.73 Å². The maximum atomic E-state index is 5.62. The van der Waals surface area contributed by atoms with Crippen molar-refractivity contribution < 1.29 is 0 Å². The molecule has 0 aromatic carbocycles. The number of hydrogen-bond donors (Lipinski definition) is 1. The molecule has 0 bridgehead atoms. The summed E-state index contributed by atoms with van der Waals surface area (Å²) in [4.78, 5) is 3.97. The second-order valence-electron chi connectivity index (χ2n) is 2.40. The van der Waals surface area contributed by atoms with Gasteiger partial charge in [-0.1, -0.05) is 0 Å². The van der Waals surface area contributed by atoms with Crippen LogP contribution in [-0.4, -0.2) is 14.8 Å². The molecule has 2 aromatic heterocycles. The quantitative estimate of drug-likeness (QED) is 0.593. The predicted octanol–water partition coefficient (Wildman–Crippen LogP) is 0.551. The molecular formula is C7H8N4. The molecule has 0 aliphatic carbocycles. The van der Waals surface area contributed by atoms with Crippen molar-refractivity contribution in [3.05, 3.63) is 18.5 Å². The molecular weight excluding hydrogens is 140 g/mol. The van der Waals surface area contributed by atoms with E-state index in [-0.39, 0.29) is 0 Å². The molecule has 0 aliphatic heterocycles. The third-order valence-electron chi connectivity index (χ3n) is 1.68. The standard InChI is InChI=1S/C7H8N4/c1-11-6-4-9-3-2-5(6)7(8)10-11/h2-4H,1H3,(H2,8,10). The Morgan fingerprint density at radius 1 is 1.55 bits per heavy atom. The minimum absolute atomic E-state index is 0.560. The summed E-state index contributed by atoms with van der Waals surface area (Å²) in [6, 6.07) is 1.86. The molecule has 4 heteroatoms. The van der Waals surface area contributed by atoms with Crippen LogP contribution in [0.4, 0.5) is 5.82 Å². The van der Waals surface area contributed by atoms with Gasteiger partial charge in [-0.3, -0.25) is 9.67 Å². The van der Waals surface area contributed by atoms with E-state index in [1.807, 2.05) is 13.1 Å². The van der Waals surface area contributed by atoms with Gasteiger partial charge < -0.3 is 5.73 Å². The molecule has 11 heavy (non-hydrogen) atoms. The second kappa shape index (κ2) is 1.95. The van der Waals surface area contributed by atoms with E-state index in [2.05, 4.69) is 10.1 Å². The first-order valence-corrected chi connectivity index (χ1v) is 3.31. The number of rotatable bonds is 0. The van der Waals surface area contributed by atoms with Crippen LogP contribution in [0.15, 0.2) is 18.5 Å². The summed E-state index contributed by atoms with van der Waals surface area (Å²) in [6.45, 7) is 0. The maximum absolute atomic E-state index is 5.62. The van der Waals surface area contributed by atoms with E-state index in [1.54, 1.807) is 17.1 Å². The lowest BCUT2D eigenvalue weighted by molar-refractivity contribution is 0.800. The molecule has 0 saturated heterocycles. The highest BCUT2D eigenvalue weighted by atomic mass is 15.3. The van der Waals surface area contributed by atoms with Gasteiger partial charge >= 0.3 is 0 Å². The highest BCUT2D eigenvalue weighted by Crippen LogP contribution is 2.16. The van der Waals surface area contributed by atoms with Crippen molar-refractivity contribution in [1.82, 2.24) is 14.8 Å². The molecule has 0 radical (unpaired) electrons. The molecule has 2 heterocycles. The summed E-state index contributed by atoms with van der Waals surface area (Å²) < 4.78 is 1.72. The zero-order valence-electron chi connectivity index (χ0n) is 6.15. The SMILES string of the molecule is Cn1nc(N)c2ccncc21. The van der Waals surface area contributed by atoms with Gasteiger partial charge in [-0.2, -0.15) is 5.10 Å². The largest absolute Gasteiger partial charge is 0.382 e. The van der Waals surface area contributed by atoms with E-state index in [4.69, 9.17) is 5.73 Å². The van der Waals surface area contributed by atoms with Crippen LogP contribution in [0.1, 0.15) is 0 Å². The van der Waals surface area contributed by atoms with E-state index in [9.17, 15) is 0 Å². The number of pyridine rings is 1. The molecule has 2 N–H and O–H groups in total. The molecule has 56 valence electrons. The molecule has 0 unspecified atom stereocenters. The first-order valence-electron chi connectivity index (χ1n) is 3.31. The lowest BCUT2D eigenvalue weighted by atomic mass is 10.3. The number of nitrogens with zero attached hydrogens (tertiary/aromatic N) is 3. The third kappa shape index (κ3) is 0.756. The van der Waals surface area contributed by atoms with Crippen molar-refractivity contribution in [2.45, 2.75) is 0 Å². The Kier molecular flexibility index (Phi) is 1.09. The molecule has 2 aromatic rings. The lowest BCUT2D eigenvalue weighted by Gasteiger charge is -1.89. The van der Waals surface area contributed by atoms with Crippen molar-refractivity contribution in [2.75, 3.05) is 5.73 Å². The van der Waals surface area contributed by atoms with Gasteiger partial charge in [0.1, 0.15) is 0 Å². The van der Waals surface area contributed by atoms with Gasteiger partial charge in [-0.25, -0.2) is 0 Å². The van der Waals surface area contributed by atoms with Crippen molar-refractivity contribution in [1.29, 1.82) is 0 Å². The molecule has 2 rings (SSSR count). The highest BCUT2D eigenvalue weighted by molar-refractivity contribution is 5.88. The van der Waals surface area contributed by atoms with Crippen LogP contribution in [0.5, 0.6) is 0 Å². The van der Waals surface area contributed by atoms with Crippen LogP contribution in [0.3, 0.4) is 0 Å². The van der Waals surface area contributed by atoms with Crippen molar-refractivity contribution in [3.63, 3.8) is 0 Å². The molecule has 0 aliphatic rings. The predicted molar refractivity (Wildman–Crippen MR) is 42.9 cm³/mol. The normalized spacial score (nSPS) is 10.6. The van der Waals surface area contributed by atoms with E-state index in [1.165, 1.54) is 0 Å². The summed E-state index contributed by atoms with van der Waals surface area (Å²) in [5, 5.41) is 5.01. The zero-order valence-corrected chi connectivity index (χ0v) is 6.15. The van der Waals surface area contributed by atoms with Gasteiger partial charge in [-0.05, 0) is 6.07 Å². The Morgan fingerprint density at radius 2 is 2.36 bits per heavy atom. The molecule has 0 spiro atoms. The molecule has 4 nitrogen and oxygen atoms in total. The molecule has 0 fully saturated rings. The lowest BCUT2D eigenvalue weighted by Crippen LogP contribution is -1.91. The van der Waals surface area contributed by atoms with Crippen LogP contribution in [0.2, 0.25) is 0 Å². The minimum Gasteiger partial charge on any atom is -0.382 e. The number of nitrogens with two attached hydrogens (primary N) is 1. The first kappa shape index (κ1) is 6.15. The Morgan fingerprint density at radius 3 is 3.09 bits per heavy atom. The van der Waals surface area contributed by atoms with Crippen molar-refractivity contribution in [2.24, 2.45) is 7.05 Å². The highest BCUT2D eigenvalue weighted by Gasteiger charge is 2.02. The Balaban J connectivity index is 2.95. The Labute approximate surface area is 63.6 Å². The van der Waals surface area contributed by atoms with E-state index in [0.717, 1.165) is 10.9 Å². The fourth-order valence-corrected chi connectivity index (χ4v) is 1.13. The summed E-state index contributed by atoms with van der Waals surface area (Å²) in [7, 11) is 1.85. The van der Waals surface area contributed by atoms with Gasteiger partial charge in [0, 0.05) is 18.6 Å². The van der Waals surface area contributed by atoms with Gasteiger partial charge in [0.25, 0.3) is 0 Å². The fraction of sp³-hybridized carbons (Fsp3) is 0.143. The maximum Gasteiger partial charge on any atom is 0.153 e. The van der Waals surface area contributed by atoms with Gasteiger partial charge in [-0.15, -0.1) is 0 Å². The summed E-state index contributed by atoms with van der Waals surface area (Å²) in [5.74, 6) is 0.560. The number of nitrogen functional groups attached to an aromatic ring is 1. The Hall–Kier alpha value is -1.58. The van der Waals surface area contributed by atoms with E-state index >= 15 is 0 Å². The van der Waals surface area contributed by atoms with Crippen LogP contribution in [-0.2, 0) is 7.05 Å². The van der Waals surface area contributed by atoms with Crippen LogP contribution in [0.25, 0.3) is 10.9 Å². The topological polar surface area (TPSA) is 56.7 Å². The van der Waals surface area contributed by atoms with Crippen LogP contribution in [0, 0.1) is 0 Å². The van der Waals surface area contributed by atoms with E-state index in [0.29, 0.717) is 5.82 Å². The monoisotopic (exact) mass is 148 g/mol. The summed E-state index contributed by atoms with van der Waals surface area (Å²) in [5.41, 5.74) is 6.58. The van der Waals surface area contributed by atoms with Crippen molar-refractivity contribution in [3.8, 4) is 0 Å². The number of anilines is 1. The molecule has 0 saturated carbocycles. The zero-order chi connectivity index (χ0) is 7.84. The van der Waals surface area contributed by atoms with Crippen LogP contribution >= 0.6 is 0 Å². The Bertz CT molecular complexity index is 354. The fourth-order valence-electron chi connectivity index (χ4n) is 1.13. The number of aryl methyl sites for hydroxylation is 1. The van der Waals surface area contributed by atoms with Gasteiger partial charge in [0.15, 0.2) is 5.82 Å². The number of aromatic nitrogens is 3. The van der Waals surface area contributed by atoms with Gasteiger partial charge in [0.05, 0.1) is 11.7 Å². The molecule has 0 amide bonds. The summed E-state index contributed by atoms with van der Waals surface area (Å²) in [6.07, 6.45) is 3.46. The number of hydrogen-bond acceptors (Lipinski definition) is 3. The average Bonchev–Trinajstić information content (AvgIpc) is 2.30. The van der Waals surface area contributed by atoms with E-state index < -0.39 is 0 Å². The first-order chi connectivity index (χ1) is 5.29. The average molecular weight is 148 g/mol. The molecule has 0 atom stereocenters. The summed E-state index contributed by atoms with van der Waals surface area (Å²) >= 11 is 0. The smallest absolute Gasteiger partial charge is 0.153 e. The third-order valence-corrected chi connectivity index (χ3v) is 1.68. The number of fused-ring (bicyclic) bond motifs is 1. The minimum atomic E-state index is 0.560.